The van der Waals surface area contributed by atoms with E-state index in [-0.39, 0.29) is 5.54 Å². The molecule has 1 N–H and O–H groups in total. The predicted octanol–water partition coefficient (Wildman–Crippen LogP) is 2.22. The van der Waals surface area contributed by atoms with Gasteiger partial charge in [-0.3, -0.25) is 10.2 Å². The Morgan fingerprint density at radius 2 is 2.14 bits per heavy atom. The highest BCUT2D eigenvalue weighted by Gasteiger charge is 2.30. The van der Waals surface area contributed by atoms with Crippen LogP contribution in [0.1, 0.15) is 52.4 Å². The third kappa shape index (κ3) is 4.95. The molecule has 4 heteroatoms. The molecule has 2 aliphatic heterocycles. The Morgan fingerprint density at radius 3 is 2.90 bits per heavy atom. The van der Waals surface area contributed by atoms with Gasteiger partial charge < -0.3 is 4.90 Å². The van der Waals surface area contributed by atoms with Gasteiger partial charge in [0.25, 0.3) is 0 Å². The van der Waals surface area contributed by atoms with Gasteiger partial charge in [0, 0.05) is 25.7 Å². The summed E-state index contributed by atoms with van der Waals surface area (Å²) in [5.74, 6) is 0. The average molecular weight is 292 g/mol. The first kappa shape index (κ1) is 16.7. The van der Waals surface area contributed by atoms with Crippen LogP contribution < -0.4 is 5.32 Å². The van der Waals surface area contributed by atoms with Crippen molar-refractivity contribution in [2.24, 2.45) is 0 Å². The molecule has 2 atom stereocenters. The van der Waals surface area contributed by atoms with Gasteiger partial charge >= 0.3 is 0 Å². The van der Waals surface area contributed by atoms with E-state index in [9.17, 15) is 5.26 Å². The quantitative estimate of drug-likeness (QED) is 0.697. The Labute approximate surface area is 130 Å². The summed E-state index contributed by atoms with van der Waals surface area (Å²) < 4.78 is 0. The zero-order valence-electron chi connectivity index (χ0n) is 13.9. The van der Waals surface area contributed by atoms with Gasteiger partial charge in [0.15, 0.2) is 0 Å². The van der Waals surface area contributed by atoms with Gasteiger partial charge in [-0.1, -0.05) is 6.92 Å². The maximum Gasteiger partial charge on any atom is 0.103 e. The Morgan fingerprint density at radius 1 is 1.29 bits per heavy atom. The van der Waals surface area contributed by atoms with Crippen LogP contribution in [0, 0.1) is 11.3 Å². The molecule has 2 aliphatic rings. The molecule has 2 saturated heterocycles. The molecule has 2 unspecified atom stereocenters. The second-order valence-electron chi connectivity index (χ2n) is 6.96. The van der Waals surface area contributed by atoms with E-state index in [0.717, 1.165) is 31.8 Å². The minimum absolute atomic E-state index is 0.333. The average Bonchev–Trinajstić information content (AvgIpc) is 2.97. The van der Waals surface area contributed by atoms with Crippen molar-refractivity contribution in [1.29, 1.82) is 5.26 Å². The summed E-state index contributed by atoms with van der Waals surface area (Å²) in [5, 5.41) is 12.7. The number of nitrogens with zero attached hydrogens (tertiary/aromatic N) is 3. The number of piperazine rings is 1. The third-order valence-corrected chi connectivity index (χ3v) is 5.08. The highest BCUT2D eigenvalue weighted by atomic mass is 15.3. The molecule has 0 radical (unpaired) electrons. The molecule has 2 rings (SSSR count). The van der Waals surface area contributed by atoms with Gasteiger partial charge in [-0.2, -0.15) is 5.26 Å². The lowest BCUT2D eigenvalue weighted by molar-refractivity contribution is 0.103. The van der Waals surface area contributed by atoms with Crippen molar-refractivity contribution in [1.82, 2.24) is 15.1 Å². The van der Waals surface area contributed by atoms with E-state index in [1.807, 2.05) is 6.92 Å². The first-order chi connectivity index (χ1) is 10.2. The zero-order valence-corrected chi connectivity index (χ0v) is 13.9. The summed E-state index contributed by atoms with van der Waals surface area (Å²) in [6.45, 7) is 11.4. The lowest BCUT2D eigenvalue weighted by atomic mass is 9.96. The van der Waals surface area contributed by atoms with Crippen molar-refractivity contribution in [3.8, 4) is 6.07 Å². The van der Waals surface area contributed by atoms with Crippen LogP contribution in [0.4, 0.5) is 0 Å². The van der Waals surface area contributed by atoms with Crippen LogP contribution in [0.3, 0.4) is 0 Å². The molecule has 0 aromatic rings. The zero-order chi connectivity index (χ0) is 15.1. The summed E-state index contributed by atoms with van der Waals surface area (Å²) in [5.41, 5.74) is -0.333. The van der Waals surface area contributed by atoms with Crippen LogP contribution in [-0.2, 0) is 0 Å². The first-order valence-electron chi connectivity index (χ1n) is 8.79. The molecule has 4 nitrogen and oxygen atoms in total. The molecule has 0 amide bonds. The number of hydrogen-bond acceptors (Lipinski definition) is 4. The molecule has 0 aromatic carbocycles. The number of hydrogen-bond donors (Lipinski definition) is 1. The molecule has 0 spiro atoms. The van der Waals surface area contributed by atoms with Crippen LogP contribution >= 0.6 is 0 Å². The number of fused-ring (bicyclic) bond motifs is 1. The van der Waals surface area contributed by atoms with Crippen molar-refractivity contribution < 1.29 is 0 Å². The Balaban J connectivity index is 1.62. The minimum atomic E-state index is -0.333. The van der Waals surface area contributed by atoms with Crippen LogP contribution in [-0.4, -0.2) is 60.6 Å². The predicted molar refractivity (Wildman–Crippen MR) is 87.2 cm³/mol. The fourth-order valence-electron chi connectivity index (χ4n) is 3.66. The van der Waals surface area contributed by atoms with Crippen molar-refractivity contribution in [2.45, 2.75) is 64.0 Å². The monoisotopic (exact) mass is 292 g/mol. The number of unbranched alkanes of at least 4 members (excludes halogenated alkanes) is 1. The highest BCUT2D eigenvalue weighted by molar-refractivity contribution is 5.03. The van der Waals surface area contributed by atoms with E-state index in [0.29, 0.717) is 0 Å². The molecule has 0 saturated carbocycles. The molecule has 0 aliphatic carbocycles. The van der Waals surface area contributed by atoms with Crippen molar-refractivity contribution in [3.63, 3.8) is 0 Å². The van der Waals surface area contributed by atoms with Crippen molar-refractivity contribution in [2.75, 3.05) is 39.3 Å². The summed E-state index contributed by atoms with van der Waals surface area (Å²) in [4.78, 5) is 5.30. The molecule has 21 heavy (non-hydrogen) atoms. The maximum atomic E-state index is 9.33. The second-order valence-corrected chi connectivity index (χ2v) is 6.96. The molecule has 120 valence electrons. The fourth-order valence-corrected chi connectivity index (χ4v) is 3.66. The summed E-state index contributed by atoms with van der Waals surface area (Å²) >= 11 is 0. The lowest BCUT2D eigenvalue weighted by Gasteiger charge is -2.37. The van der Waals surface area contributed by atoms with Gasteiger partial charge in [-0.05, 0) is 65.1 Å². The topological polar surface area (TPSA) is 42.3 Å². The Bertz CT molecular complexity index is 351. The fraction of sp³-hybridized carbons (Fsp3) is 0.941. The van der Waals surface area contributed by atoms with Gasteiger partial charge in [-0.25, -0.2) is 0 Å². The highest BCUT2D eigenvalue weighted by Crippen LogP contribution is 2.22. The molecule has 2 heterocycles. The largest absolute Gasteiger partial charge is 0.301 e. The maximum absolute atomic E-state index is 9.33. The van der Waals surface area contributed by atoms with E-state index in [2.05, 4.69) is 28.1 Å². The van der Waals surface area contributed by atoms with E-state index in [1.54, 1.807) is 0 Å². The van der Waals surface area contributed by atoms with E-state index >= 15 is 0 Å². The SMILES string of the molecule is CCCNC(C)(C#N)CCCCN1CCN2CCCC2C1. The molecule has 0 bridgehead atoms. The molecule has 0 aromatic heterocycles. The summed E-state index contributed by atoms with van der Waals surface area (Å²) in [6.07, 6.45) is 7.20. The normalized spacial score (nSPS) is 26.2. The van der Waals surface area contributed by atoms with Gasteiger partial charge in [0.05, 0.1) is 6.07 Å². The smallest absolute Gasteiger partial charge is 0.103 e. The minimum Gasteiger partial charge on any atom is -0.301 e. The van der Waals surface area contributed by atoms with E-state index < -0.39 is 0 Å². The van der Waals surface area contributed by atoms with Gasteiger partial charge in [0.2, 0.25) is 0 Å². The summed E-state index contributed by atoms with van der Waals surface area (Å²) in [6, 6.07) is 3.28. The standard InChI is InChI=1S/C17H32N4/c1-3-9-19-17(2,15-18)8-4-5-10-20-12-13-21-11-6-7-16(21)14-20/h16,19H,3-14H2,1-2H3. The van der Waals surface area contributed by atoms with Crippen molar-refractivity contribution >= 4 is 0 Å². The summed E-state index contributed by atoms with van der Waals surface area (Å²) in [7, 11) is 0. The van der Waals surface area contributed by atoms with E-state index in [1.165, 1.54) is 52.0 Å². The third-order valence-electron chi connectivity index (χ3n) is 5.08. The molecule has 2 fully saturated rings. The van der Waals surface area contributed by atoms with Crippen LogP contribution in [0.2, 0.25) is 0 Å². The van der Waals surface area contributed by atoms with E-state index in [4.69, 9.17) is 0 Å². The molecular formula is C17H32N4. The van der Waals surface area contributed by atoms with Crippen LogP contribution in [0.25, 0.3) is 0 Å². The lowest BCUT2D eigenvalue weighted by Crippen LogP contribution is -2.50. The Kier molecular flexibility index (Phi) is 6.47. The van der Waals surface area contributed by atoms with Crippen LogP contribution in [0.5, 0.6) is 0 Å². The Hall–Kier alpha value is -0.630. The number of nitrogens with one attached hydrogen (secondary N) is 1. The van der Waals surface area contributed by atoms with Gasteiger partial charge in [0.1, 0.15) is 5.54 Å². The van der Waals surface area contributed by atoms with Gasteiger partial charge in [-0.15, -0.1) is 0 Å². The van der Waals surface area contributed by atoms with Crippen LogP contribution in [0.15, 0.2) is 0 Å². The second kappa shape index (κ2) is 8.12. The molecular weight excluding hydrogens is 260 g/mol. The number of nitriles is 1. The first-order valence-corrected chi connectivity index (χ1v) is 8.79. The number of rotatable bonds is 8. The van der Waals surface area contributed by atoms with Crippen molar-refractivity contribution in [3.05, 3.63) is 0 Å².